The minimum atomic E-state index is -0.549. The molecule has 3 rings (SSSR count). The SMILES string of the molecule is C[n+]1cccc(Cn2ncc(N=Nc3cc(Cl)ccc3[N+](=O)[O-])c2N)c1. The number of nitrogens with zero attached hydrogens (tertiary/aromatic N) is 6. The summed E-state index contributed by atoms with van der Waals surface area (Å²) in [5.74, 6) is 0.310. The molecule has 2 N–H and O–H groups in total. The summed E-state index contributed by atoms with van der Waals surface area (Å²) in [6.45, 7) is 0.466. The molecule has 0 unspecified atom stereocenters. The van der Waals surface area contributed by atoms with Crippen molar-refractivity contribution in [3.05, 3.63) is 69.6 Å². The van der Waals surface area contributed by atoms with Crippen LogP contribution in [0.3, 0.4) is 0 Å². The third-order valence-corrected chi connectivity index (χ3v) is 3.83. The summed E-state index contributed by atoms with van der Waals surface area (Å²) < 4.78 is 3.50. The molecular weight excluding hydrogens is 358 g/mol. The zero-order valence-corrected chi connectivity index (χ0v) is 14.5. The first-order valence-electron chi connectivity index (χ1n) is 7.55. The van der Waals surface area contributed by atoms with Gasteiger partial charge in [-0.25, -0.2) is 9.25 Å². The average molecular weight is 373 g/mol. The second-order valence-electron chi connectivity index (χ2n) is 5.54. The number of nitro groups is 1. The predicted octanol–water partition coefficient (Wildman–Crippen LogP) is 3.32. The van der Waals surface area contributed by atoms with Gasteiger partial charge in [-0.15, -0.1) is 10.2 Å². The van der Waals surface area contributed by atoms with E-state index in [1.165, 1.54) is 24.4 Å². The van der Waals surface area contributed by atoms with Crippen LogP contribution in [0, 0.1) is 10.1 Å². The standard InChI is InChI=1S/C16H15ClN7O2/c1-22-6-2-3-11(9-22)10-23-16(18)14(8-19-23)21-20-13-7-12(17)4-5-15(13)24(25)26/h2-9H,10,18H2,1H3/q+1. The van der Waals surface area contributed by atoms with Gasteiger partial charge >= 0.3 is 0 Å². The Labute approximate surface area is 153 Å². The summed E-state index contributed by atoms with van der Waals surface area (Å²) in [7, 11) is 1.92. The second-order valence-corrected chi connectivity index (χ2v) is 5.98. The Bertz CT molecular complexity index is 1000. The molecule has 0 aliphatic rings. The maximum Gasteiger partial charge on any atom is 0.296 e. The summed E-state index contributed by atoms with van der Waals surface area (Å²) in [6, 6.07) is 7.95. The minimum Gasteiger partial charge on any atom is -0.382 e. The molecule has 0 spiro atoms. The number of rotatable bonds is 5. The lowest BCUT2D eigenvalue weighted by Gasteiger charge is -2.03. The molecule has 0 aliphatic heterocycles. The molecule has 0 aliphatic carbocycles. The van der Waals surface area contributed by atoms with Crippen LogP contribution in [0.2, 0.25) is 5.02 Å². The summed E-state index contributed by atoms with van der Waals surface area (Å²) in [5.41, 5.74) is 7.25. The summed E-state index contributed by atoms with van der Waals surface area (Å²) >= 11 is 5.87. The number of pyridine rings is 1. The summed E-state index contributed by atoms with van der Waals surface area (Å²) in [6.07, 6.45) is 5.34. The number of nitrogen functional groups attached to an aromatic ring is 1. The lowest BCUT2D eigenvalue weighted by Crippen LogP contribution is -2.27. The number of halogens is 1. The van der Waals surface area contributed by atoms with E-state index < -0.39 is 4.92 Å². The molecule has 3 aromatic rings. The first-order valence-corrected chi connectivity index (χ1v) is 7.93. The fourth-order valence-electron chi connectivity index (χ4n) is 2.34. The van der Waals surface area contributed by atoms with Crippen LogP contribution in [0.5, 0.6) is 0 Å². The van der Waals surface area contributed by atoms with Crippen molar-refractivity contribution >= 4 is 34.5 Å². The molecular formula is C16H15ClN7O2+. The number of nitrogens with two attached hydrogens (primary N) is 1. The molecule has 0 saturated heterocycles. The quantitative estimate of drug-likeness (QED) is 0.320. The molecule has 0 fully saturated rings. The van der Waals surface area contributed by atoms with Crippen molar-refractivity contribution in [3.8, 4) is 0 Å². The van der Waals surface area contributed by atoms with Crippen LogP contribution >= 0.6 is 11.6 Å². The van der Waals surface area contributed by atoms with E-state index in [0.29, 0.717) is 23.1 Å². The van der Waals surface area contributed by atoms with Crippen LogP contribution < -0.4 is 10.3 Å². The third kappa shape index (κ3) is 3.83. The van der Waals surface area contributed by atoms with E-state index in [9.17, 15) is 10.1 Å². The van der Waals surface area contributed by atoms with Gasteiger partial charge in [0.1, 0.15) is 18.6 Å². The number of hydrogen-bond acceptors (Lipinski definition) is 6. The Hall–Kier alpha value is -3.33. The molecule has 0 atom stereocenters. The van der Waals surface area contributed by atoms with Crippen LogP contribution in [0.4, 0.5) is 22.9 Å². The first-order chi connectivity index (χ1) is 12.4. The molecule has 1 aromatic carbocycles. The van der Waals surface area contributed by atoms with Gasteiger partial charge in [0.25, 0.3) is 5.69 Å². The van der Waals surface area contributed by atoms with Crippen molar-refractivity contribution in [2.45, 2.75) is 6.54 Å². The monoisotopic (exact) mass is 372 g/mol. The van der Waals surface area contributed by atoms with Crippen LogP contribution in [0.15, 0.2) is 59.2 Å². The summed E-state index contributed by atoms with van der Waals surface area (Å²) in [5, 5.41) is 23.5. The molecule has 0 amide bonds. The Morgan fingerprint density at radius 2 is 2.12 bits per heavy atom. The topological polar surface area (TPSA) is 116 Å². The fourth-order valence-corrected chi connectivity index (χ4v) is 2.51. The lowest BCUT2D eigenvalue weighted by molar-refractivity contribution is -0.671. The highest BCUT2D eigenvalue weighted by atomic mass is 35.5. The maximum atomic E-state index is 11.1. The highest BCUT2D eigenvalue weighted by Crippen LogP contribution is 2.32. The number of anilines is 1. The van der Waals surface area contributed by atoms with Gasteiger partial charge in [0.15, 0.2) is 18.1 Å². The molecule has 0 saturated carbocycles. The van der Waals surface area contributed by atoms with E-state index >= 15 is 0 Å². The molecule has 10 heteroatoms. The number of nitro benzene ring substituents is 1. The molecule has 2 heterocycles. The number of benzene rings is 1. The molecule has 9 nitrogen and oxygen atoms in total. The number of hydrogen-bond donors (Lipinski definition) is 1. The van der Waals surface area contributed by atoms with Crippen LogP contribution in [0.1, 0.15) is 5.56 Å². The van der Waals surface area contributed by atoms with E-state index in [0.717, 1.165) is 5.56 Å². The summed E-state index contributed by atoms with van der Waals surface area (Å²) in [4.78, 5) is 10.5. The first kappa shape index (κ1) is 17.5. The predicted molar refractivity (Wildman–Crippen MR) is 95.6 cm³/mol. The van der Waals surface area contributed by atoms with E-state index in [1.807, 2.05) is 36.1 Å². The van der Waals surface area contributed by atoms with Crippen LogP contribution in [-0.4, -0.2) is 14.7 Å². The number of azo groups is 1. The Balaban J connectivity index is 1.86. The van der Waals surface area contributed by atoms with Gasteiger partial charge in [-0.3, -0.25) is 10.1 Å². The van der Waals surface area contributed by atoms with Crippen molar-refractivity contribution in [2.24, 2.45) is 17.3 Å². The largest absolute Gasteiger partial charge is 0.382 e. The van der Waals surface area contributed by atoms with E-state index in [1.54, 1.807) is 4.68 Å². The smallest absolute Gasteiger partial charge is 0.296 e. The maximum absolute atomic E-state index is 11.1. The Kier molecular flexibility index (Phi) is 4.90. The normalized spacial score (nSPS) is 11.2. The van der Waals surface area contributed by atoms with Gasteiger partial charge < -0.3 is 5.73 Å². The number of aromatic nitrogens is 3. The van der Waals surface area contributed by atoms with Crippen LogP contribution in [0.25, 0.3) is 0 Å². The molecule has 0 bridgehead atoms. The second kappa shape index (κ2) is 7.28. The highest BCUT2D eigenvalue weighted by molar-refractivity contribution is 6.30. The van der Waals surface area contributed by atoms with Crippen molar-refractivity contribution in [1.29, 1.82) is 0 Å². The average Bonchev–Trinajstić information content (AvgIpc) is 2.93. The van der Waals surface area contributed by atoms with E-state index in [-0.39, 0.29) is 11.4 Å². The molecule has 132 valence electrons. The van der Waals surface area contributed by atoms with Gasteiger partial charge in [0.05, 0.1) is 17.7 Å². The van der Waals surface area contributed by atoms with Gasteiger partial charge in [0, 0.05) is 22.7 Å². The van der Waals surface area contributed by atoms with Gasteiger partial charge in [0.2, 0.25) is 0 Å². The Morgan fingerprint density at radius 1 is 1.35 bits per heavy atom. The highest BCUT2D eigenvalue weighted by Gasteiger charge is 2.14. The zero-order valence-electron chi connectivity index (χ0n) is 13.8. The van der Waals surface area contributed by atoms with Crippen molar-refractivity contribution < 1.29 is 9.49 Å². The van der Waals surface area contributed by atoms with Crippen molar-refractivity contribution in [1.82, 2.24) is 9.78 Å². The van der Waals surface area contributed by atoms with Gasteiger partial charge in [-0.2, -0.15) is 5.10 Å². The zero-order chi connectivity index (χ0) is 18.7. The van der Waals surface area contributed by atoms with Gasteiger partial charge in [-0.05, 0) is 18.2 Å². The minimum absolute atomic E-state index is 0.0461. The Morgan fingerprint density at radius 3 is 2.85 bits per heavy atom. The molecule has 0 radical (unpaired) electrons. The van der Waals surface area contributed by atoms with E-state index in [4.69, 9.17) is 17.3 Å². The molecule has 2 aromatic heterocycles. The molecule has 26 heavy (non-hydrogen) atoms. The lowest BCUT2D eigenvalue weighted by atomic mass is 10.3. The third-order valence-electron chi connectivity index (χ3n) is 3.59. The van der Waals surface area contributed by atoms with Crippen LogP contribution in [-0.2, 0) is 13.6 Å². The fraction of sp³-hybridized carbons (Fsp3) is 0.125. The van der Waals surface area contributed by atoms with Gasteiger partial charge in [-0.1, -0.05) is 11.6 Å². The number of aryl methyl sites for hydroxylation is 1. The van der Waals surface area contributed by atoms with Crippen molar-refractivity contribution in [3.63, 3.8) is 0 Å². The van der Waals surface area contributed by atoms with Crippen molar-refractivity contribution in [2.75, 3.05) is 5.73 Å². The van der Waals surface area contributed by atoms with E-state index in [2.05, 4.69) is 15.3 Å².